The number of carbonyl (C=O) groups is 1. The summed E-state index contributed by atoms with van der Waals surface area (Å²) in [4.78, 5) is 30.8. The molecule has 0 aliphatic carbocycles. The summed E-state index contributed by atoms with van der Waals surface area (Å²) in [6.45, 7) is 2.03. The fourth-order valence-corrected chi connectivity index (χ4v) is 4.04. The summed E-state index contributed by atoms with van der Waals surface area (Å²) in [5, 5.41) is 3.80. The average molecular weight is 377 g/mol. The summed E-state index contributed by atoms with van der Waals surface area (Å²) < 4.78 is 14.3. The van der Waals surface area contributed by atoms with Crippen LogP contribution in [0.5, 0.6) is 0 Å². The van der Waals surface area contributed by atoms with Gasteiger partial charge < -0.3 is 5.32 Å². The first-order chi connectivity index (χ1) is 12.0. The highest BCUT2D eigenvalue weighted by Crippen LogP contribution is 2.24. The predicted molar refractivity (Wildman–Crippen MR) is 100.0 cm³/mol. The number of thiophene rings is 1. The van der Waals surface area contributed by atoms with Crippen LogP contribution in [0.4, 0.5) is 10.1 Å². The lowest BCUT2D eigenvalue weighted by molar-refractivity contribution is -0.113. The van der Waals surface area contributed by atoms with Crippen molar-refractivity contribution in [3.8, 4) is 0 Å². The monoisotopic (exact) mass is 377 g/mol. The Hall–Kier alpha value is -2.19. The number of benzene rings is 1. The van der Waals surface area contributed by atoms with Crippen LogP contribution in [-0.2, 0) is 18.3 Å². The van der Waals surface area contributed by atoms with Crippen LogP contribution < -0.4 is 10.9 Å². The number of nitrogens with zero attached hydrogens (tertiary/aromatic N) is 2. The molecule has 1 N–H and O–H groups in total. The number of hydrogen-bond acceptors (Lipinski definition) is 5. The minimum absolute atomic E-state index is 0.106. The molecule has 25 heavy (non-hydrogen) atoms. The predicted octanol–water partition coefficient (Wildman–Crippen LogP) is 3.43. The van der Waals surface area contributed by atoms with E-state index in [0.29, 0.717) is 21.1 Å². The van der Waals surface area contributed by atoms with Crippen LogP contribution in [0.1, 0.15) is 11.8 Å². The van der Waals surface area contributed by atoms with Gasteiger partial charge in [0.25, 0.3) is 5.56 Å². The molecule has 0 fully saturated rings. The summed E-state index contributed by atoms with van der Waals surface area (Å²) >= 11 is 2.69. The van der Waals surface area contributed by atoms with Gasteiger partial charge in [0.15, 0.2) is 5.16 Å². The van der Waals surface area contributed by atoms with Gasteiger partial charge in [-0.1, -0.05) is 18.7 Å². The van der Waals surface area contributed by atoms with E-state index in [9.17, 15) is 14.0 Å². The molecule has 1 amide bonds. The standard InChI is InChI=1S/C17H16FN3O2S2/c1-3-12-8-13-15(25-12)20-17(21(2)16(13)23)24-9-14(22)19-11-6-4-10(18)5-7-11/h4-8H,3,9H2,1-2H3,(H,19,22). The summed E-state index contributed by atoms with van der Waals surface area (Å²) in [5.41, 5.74) is 0.414. The van der Waals surface area contributed by atoms with Gasteiger partial charge in [-0.05, 0) is 36.8 Å². The zero-order valence-electron chi connectivity index (χ0n) is 13.7. The van der Waals surface area contributed by atoms with Crippen molar-refractivity contribution in [2.24, 2.45) is 7.05 Å². The number of halogens is 1. The van der Waals surface area contributed by atoms with Crippen LogP contribution in [-0.4, -0.2) is 21.2 Å². The molecule has 2 aromatic heterocycles. The molecule has 0 spiro atoms. The van der Waals surface area contributed by atoms with Crippen molar-refractivity contribution in [3.05, 3.63) is 51.4 Å². The van der Waals surface area contributed by atoms with Crippen LogP contribution in [0.2, 0.25) is 0 Å². The molecule has 5 nitrogen and oxygen atoms in total. The minimum Gasteiger partial charge on any atom is -0.325 e. The smallest absolute Gasteiger partial charge is 0.262 e. The SMILES string of the molecule is CCc1cc2c(=O)n(C)c(SCC(=O)Nc3ccc(F)cc3)nc2s1. The van der Waals surface area contributed by atoms with Gasteiger partial charge in [0.05, 0.1) is 11.1 Å². The first-order valence-corrected chi connectivity index (χ1v) is 9.45. The van der Waals surface area contributed by atoms with Crippen molar-refractivity contribution in [1.29, 1.82) is 0 Å². The lowest BCUT2D eigenvalue weighted by Crippen LogP contribution is -2.20. The molecule has 130 valence electrons. The van der Waals surface area contributed by atoms with Crippen molar-refractivity contribution in [2.75, 3.05) is 11.1 Å². The van der Waals surface area contributed by atoms with Crippen LogP contribution in [0.25, 0.3) is 10.2 Å². The largest absolute Gasteiger partial charge is 0.325 e. The molecular formula is C17H16FN3O2S2. The Kier molecular flexibility index (Phi) is 5.19. The molecular weight excluding hydrogens is 361 g/mol. The van der Waals surface area contributed by atoms with Gasteiger partial charge in [-0.25, -0.2) is 9.37 Å². The van der Waals surface area contributed by atoms with E-state index in [2.05, 4.69) is 10.3 Å². The number of thioether (sulfide) groups is 1. The number of fused-ring (bicyclic) bond motifs is 1. The zero-order valence-corrected chi connectivity index (χ0v) is 15.3. The van der Waals surface area contributed by atoms with E-state index in [-0.39, 0.29) is 23.0 Å². The third-order valence-corrected chi connectivity index (χ3v) is 5.79. The van der Waals surface area contributed by atoms with Gasteiger partial charge in [-0.2, -0.15) is 0 Å². The van der Waals surface area contributed by atoms with Gasteiger partial charge >= 0.3 is 0 Å². The van der Waals surface area contributed by atoms with Gasteiger partial charge in [0, 0.05) is 17.6 Å². The van der Waals surface area contributed by atoms with Crippen molar-refractivity contribution in [2.45, 2.75) is 18.5 Å². The van der Waals surface area contributed by atoms with Gasteiger partial charge in [0.1, 0.15) is 10.6 Å². The number of hydrogen-bond donors (Lipinski definition) is 1. The molecule has 0 radical (unpaired) electrons. The fraction of sp³-hybridized carbons (Fsp3) is 0.235. The Morgan fingerprint density at radius 1 is 1.36 bits per heavy atom. The highest BCUT2D eigenvalue weighted by Gasteiger charge is 2.13. The van der Waals surface area contributed by atoms with E-state index in [4.69, 9.17) is 0 Å². The van der Waals surface area contributed by atoms with E-state index >= 15 is 0 Å². The van der Waals surface area contributed by atoms with Crippen LogP contribution in [0.3, 0.4) is 0 Å². The van der Waals surface area contributed by atoms with E-state index in [0.717, 1.165) is 11.3 Å². The third kappa shape index (κ3) is 3.91. The molecule has 0 aliphatic rings. The number of rotatable bonds is 5. The van der Waals surface area contributed by atoms with E-state index < -0.39 is 0 Å². The number of aryl methyl sites for hydroxylation is 1. The summed E-state index contributed by atoms with van der Waals surface area (Å²) in [7, 11) is 1.65. The Morgan fingerprint density at radius 3 is 2.76 bits per heavy atom. The Balaban J connectivity index is 1.74. The normalized spacial score (nSPS) is 11.0. The first kappa shape index (κ1) is 17.6. The number of amides is 1. The quantitative estimate of drug-likeness (QED) is 0.547. The Labute approximate surface area is 151 Å². The second-order valence-electron chi connectivity index (χ2n) is 5.39. The van der Waals surface area contributed by atoms with Crippen molar-refractivity contribution in [3.63, 3.8) is 0 Å². The lowest BCUT2D eigenvalue weighted by Gasteiger charge is -2.07. The van der Waals surface area contributed by atoms with Crippen molar-refractivity contribution < 1.29 is 9.18 Å². The Bertz CT molecular complexity index is 980. The molecule has 3 rings (SSSR count). The van der Waals surface area contributed by atoms with E-state index in [1.807, 2.05) is 13.0 Å². The molecule has 1 aromatic carbocycles. The van der Waals surface area contributed by atoms with E-state index in [1.54, 1.807) is 7.05 Å². The summed E-state index contributed by atoms with van der Waals surface area (Å²) in [6, 6.07) is 7.44. The van der Waals surface area contributed by atoms with E-state index in [1.165, 1.54) is 51.9 Å². The number of carbonyl (C=O) groups excluding carboxylic acids is 1. The zero-order chi connectivity index (χ0) is 18.0. The van der Waals surface area contributed by atoms with Crippen molar-refractivity contribution in [1.82, 2.24) is 9.55 Å². The average Bonchev–Trinajstić information content (AvgIpc) is 3.02. The second-order valence-corrected chi connectivity index (χ2v) is 7.45. The fourth-order valence-electron chi connectivity index (χ4n) is 2.26. The highest BCUT2D eigenvalue weighted by molar-refractivity contribution is 7.99. The molecule has 3 aromatic rings. The molecule has 8 heteroatoms. The second kappa shape index (κ2) is 7.37. The lowest BCUT2D eigenvalue weighted by atomic mass is 10.3. The van der Waals surface area contributed by atoms with Gasteiger partial charge in [-0.3, -0.25) is 14.2 Å². The van der Waals surface area contributed by atoms with Crippen molar-refractivity contribution >= 4 is 44.9 Å². The molecule has 0 bridgehead atoms. The maximum absolute atomic E-state index is 12.9. The molecule has 2 heterocycles. The molecule has 0 aliphatic heterocycles. The summed E-state index contributed by atoms with van der Waals surface area (Å²) in [5.74, 6) is -0.497. The minimum atomic E-state index is -0.359. The molecule has 0 unspecified atom stereocenters. The van der Waals surface area contributed by atoms with Gasteiger partial charge in [0.2, 0.25) is 5.91 Å². The Morgan fingerprint density at radius 2 is 2.08 bits per heavy atom. The third-order valence-electron chi connectivity index (χ3n) is 3.59. The first-order valence-electron chi connectivity index (χ1n) is 7.65. The maximum atomic E-state index is 12.9. The number of nitrogens with one attached hydrogen (secondary N) is 1. The maximum Gasteiger partial charge on any atom is 0.262 e. The molecule has 0 saturated heterocycles. The molecule has 0 saturated carbocycles. The van der Waals surface area contributed by atoms with Gasteiger partial charge in [-0.15, -0.1) is 11.3 Å². The summed E-state index contributed by atoms with van der Waals surface area (Å²) in [6.07, 6.45) is 0.854. The molecule has 0 atom stereocenters. The van der Waals surface area contributed by atoms with Crippen LogP contribution in [0.15, 0.2) is 40.3 Å². The number of aromatic nitrogens is 2. The highest BCUT2D eigenvalue weighted by atomic mass is 32.2. The van der Waals surface area contributed by atoms with Crippen LogP contribution in [0, 0.1) is 5.82 Å². The number of anilines is 1. The van der Waals surface area contributed by atoms with Crippen LogP contribution >= 0.6 is 23.1 Å². The topological polar surface area (TPSA) is 64.0 Å².